The molecular weight excluding hydrogens is 216 g/mol. The maximum atomic E-state index is 11.0. The number of rotatable bonds is 3. The zero-order chi connectivity index (χ0) is 13.4. The fourth-order valence-electron chi connectivity index (χ4n) is 1.20. The molecule has 1 aromatic rings. The van der Waals surface area contributed by atoms with Crippen molar-refractivity contribution in [2.75, 3.05) is 0 Å². The molecule has 2 amide bonds. The molecule has 0 atom stereocenters. The Morgan fingerprint density at radius 2 is 1.76 bits per heavy atom. The van der Waals surface area contributed by atoms with Crippen LogP contribution in [0.5, 0.6) is 0 Å². The van der Waals surface area contributed by atoms with Gasteiger partial charge in [0.25, 0.3) is 0 Å². The van der Waals surface area contributed by atoms with Gasteiger partial charge in [0.1, 0.15) is 0 Å². The number of amides is 2. The average molecular weight is 232 g/mol. The zero-order valence-electron chi connectivity index (χ0n) is 9.77. The number of carbonyl (C=O) groups is 2. The predicted octanol–water partition coefficient (Wildman–Crippen LogP) is 1.39. The first-order valence-corrected chi connectivity index (χ1v) is 4.87. The van der Waals surface area contributed by atoms with Gasteiger partial charge in [0.2, 0.25) is 11.8 Å². The number of benzene rings is 1. The lowest BCUT2D eigenvalue weighted by molar-refractivity contribution is -0.113. The third kappa shape index (κ3) is 4.79. The van der Waals surface area contributed by atoms with Gasteiger partial charge in [0.05, 0.1) is 0 Å². The molecule has 0 aliphatic carbocycles. The second-order valence-corrected chi connectivity index (χ2v) is 3.21. The van der Waals surface area contributed by atoms with Crippen LogP contribution in [0, 0.1) is 6.92 Å². The van der Waals surface area contributed by atoms with Crippen LogP contribution in [0.15, 0.2) is 37.4 Å². The van der Waals surface area contributed by atoms with E-state index in [1.165, 1.54) is 0 Å². The van der Waals surface area contributed by atoms with E-state index in [-0.39, 0.29) is 0 Å². The van der Waals surface area contributed by atoms with Crippen LogP contribution in [0.1, 0.15) is 21.5 Å². The maximum Gasteiger partial charge on any atom is 0.249 e. The second kappa shape index (κ2) is 7.00. The Morgan fingerprint density at radius 1 is 1.24 bits per heavy atom. The topological polar surface area (TPSA) is 86.2 Å². The van der Waals surface area contributed by atoms with Crippen molar-refractivity contribution < 1.29 is 9.59 Å². The summed E-state index contributed by atoms with van der Waals surface area (Å²) in [7, 11) is 0. The zero-order valence-corrected chi connectivity index (χ0v) is 9.77. The first-order valence-electron chi connectivity index (χ1n) is 4.87. The standard InChI is InChI=1S/C10H11NO.C3H5NO/c1-3-8-6-4-5-7(2)9(8)10(11)12;1-2-3(4)5/h3-6H,1H2,2H3,(H2,11,12);2H,1H2,(H2,4,5). The number of nitrogens with two attached hydrogens (primary N) is 2. The van der Waals surface area contributed by atoms with Gasteiger partial charge in [-0.1, -0.05) is 37.4 Å². The van der Waals surface area contributed by atoms with Crippen LogP contribution < -0.4 is 11.5 Å². The van der Waals surface area contributed by atoms with E-state index in [4.69, 9.17) is 5.73 Å². The quantitative estimate of drug-likeness (QED) is 0.771. The van der Waals surface area contributed by atoms with Gasteiger partial charge in [0, 0.05) is 5.56 Å². The molecule has 1 rings (SSSR count). The van der Waals surface area contributed by atoms with E-state index in [0.717, 1.165) is 17.2 Å². The molecule has 0 bridgehead atoms. The molecule has 0 saturated heterocycles. The highest BCUT2D eigenvalue weighted by Crippen LogP contribution is 2.14. The van der Waals surface area contributed by atoms with Crippen LogP contribution in [0.3, 0.4) is 0 Å². The van der Waals surface area contributed by atoms with Crippen LogP contribution in [-0.4, -0.2) is 11.8 Å². The first kappa shape index (κ1) is 14.6. The summed E-state index contributed by atoms with van der Waals surface area (Å²) in [6.45, 7) is 8.55. The number of aryl methyl sites for hydroxylation is 1. The molecule has 4 N–H and O–H groups in total. The Bertz CT molecular complexity index is 451. The molecule has 0 aliphatic heterocycles. The number of carbonyl (C=O) groups excluding carboxylic acids is 2. The van der Waals surface area contributed by atoms with Gasteiger partial charge in [0.15, 0.2) is 0 Å². The Hall–Kier alpha value is -2.36. The summed E-state index contributed by atoms with van der Waals surface area (Å²) in [5.74, 6) is -0.881. The van der Waals surface area contributed by atoms with Crippen molar-refractivity contribution in [3.8, 4) is 0 Å². The fraction of sp³-hybridized carbons (Fsp3) is 0.0769. The second-order valence-electron chi connectivity index (χ2n) is 3.21. The minimum Gasteiger partial charge on any atom is -0.366 e. The molecule has 0 unspecified atom stereocenters. The Labute approximate surface area is 101 Å². The number of hydrogen-bond donors (Lipinski definition) is 2. The molecule has 0 radical (unpaired) electrons. The van der Waals surface area contributed by atoms with Gasteiger partial charge in [-0.25, -0.2) is 0 Å². The minimum atomic E-state index is -0.481. The van der Waals surface area contributed by atoms with Crippen molar-refractivity contribution in [3.63, 3.8) is 0 Å². The number of primary amides is 2. The van der Waals surface area contributed by atoms with Gasteiger partial charge in [-0.2, -0.15) is 0 Å². The lowest BCUT2D eigenvalue weighted by Crippen LogP contribution is -2.14. The molecule has 0 aliphatic rings. The van der Waals surface area contributed by atoms with Crippen LogP contribution in [0.4, 0.5) is 0 Å². The third-order valence-electron chi connectivity index (χ3n) is 1.97. The molecule has 0 fully saturated rings. The Morgan fingerprint density at radius 3 is 2.06 bits per heavy atom. The minimum absolute atomic E-state index is 0.400. The maximum absolute atomic E-state index is 11.0. The molecule has 4 nitrogen and oxygen atoms in total. The summed E-state index contributed by atoms with van der Waals surface area (Å²) in [5.41, 5.74) is 12.0. The molecular formula is C13H16N2O2. The van der Waals surface area contributed by atoms with Gasteiger partial charge >= 0.3 is 0 Å². The van der Waals surface area contributed by atoms with Crippen LogP contribution >= 0.6 is 0 Å². The van der Waals surface area contributed by atoms with E-state index in [2.05, 4.69) is 18.9 Å². The van der Waals surface area contributed by atoms with Crippen molar-refractivity contribution in [1.29, 1.82) is 0 Å². The summed E-state index contributed by atoms with van der Waals surface area (Å²) in [6.07, 6.45) is 2.69. The average Bonchev–Trinajstić information content (AvgIpc) is 2.28. The SMILES string of the molecule is C=CC(N)=O.C=Cc1cccc(C)c1C(N)=O. The molecule has 90 valence electrons. The van der Waals surface area contributed by atoms with E-state index in [0.29, 0.717) is 5.56 Å². The smallest absolute Gasteiger partial charge is 0.249 e. The third-order valence-corrected chi connectivity index (χ3v) is 1.97. The molecule has 0 aromatic heterocycles. The van der Waals surface area contributed by atoms with Crippen molar-refractivity contribution in [2.45, 2.75) is 6.92 Å². The largest absolute Gasteiger partial charge is 0.366 e. The van der Waals surface area contributed by atoms with Crippen molar-refractivity contribution >= 4 is 17.9 Å². The van der Waals surface area contributed by atoms with E-state index in [1.807, 2.05) is 25.1 Å². The molecule has 4 heteroatoms. The van der Waals surface area contributed by atoms with Gasteiger partial charge in [-0.3, -0.25) is 9.59 Å². The molecule has 0 heterocycles. The van der Waals surface area contributed by atoms with Crippen LogP contribution in [0.25, 0.3) is 6.08 Å². The van der Waals surface area contributed by atoms with Crippen molar-refractivity contribution in [2.24, 2.45) is 11.5 Å². The highest BCUT2D eigenvalue weighted by molar-refractivity contribution is 5.97. The van der Waals surface area contributed by atoms with E-state index in [1.54, 1.807) is 6.08 Å². The summed E-state index contributed by atoms with van der Waals surface area (Å²) in [6, 6.07) is 5.55. The lowest BCUT2D eigenvalue weighted by atomic mass is 10.0. The molecule has 0 spiro atoms. The van der Waals surface area contributed by atoms with Crippen LogP contribution in [0.2, 0.25) is 0 Å². The summed E-state index contributed by atoms with van der Waals surface area (Å²) >= 11 is 0. The molecule has 1 aromatic carbocycles. The summed E-state index contributed by atoms with van der Waals surface area (Å²) < 4.78 is 0. The Balaban J connectivity index is 0.000000437. The van der Waals surface area contributed by atoms with Gasteiger partial charge < -0.3 is 11.5 Å². The van der Waals surface area contributed by atoms with E-state index in [9.17, 15) is 9.59 Å². The lowest BCUT2D eigenvalue weighted by Gasteiger charge is -2.04. The van der Waals surface area contributed by atoms with Crippen molar-refractivity contribution in [1.82, 2.24) is 0 Å². The normalized spacial score (nSPS) is 8.53. The van der Waals surface area contributed by atoms with E-state index >= 15 is 0 Å². The van der Waals surface area contributed by atoms with Crippen LogP contribution in [-0.2, 0) is 4.79 Å². The fourth-order valence-corrected chi connectivity index (χ4v) is 1.20. The predicted molar refractivity (Wildman–Crippen MR) is 69.2 cm³/mol. The van der Waals surface area contributed by atoms with Crippen molar-refractivity contribution in [3.05, 3.63) is 54.1 Å². The number of hydrogen-bond acceptors (Lipinski definition) is 2. The van der Waals surface area contributed by atoms with Gasteiger partial charge in [-0.05, 0) is 24.1 Å². The Kier molecular flexibility index (Phi) is 6.03. The summed E-state index contributed by atoms with van der Waals surface area (Å²) in [4.78, 5) is 20.4. The highest BCUT2D eigenvalue weighted by Gasteiger charge is 2.07. The first-order chi connectivity index (χ1) is 7.93. The van der Waals surface area contributed by atoms with Gasteiger partial charge in [-0.15, -0.1) is 0 Å². The van der Waals surface area contributed by atoms with E-state index < -0.39 is 11.8 Å². The monoisotopic (exact) mass is 232 g/mol. The molecule has 0 saturated carbocycles. The molecule has 17 heavy (non-hydrogen) atoms. The summed E-state index contributed by atoms with van der Waals surface area (Å²) in [5, 5.41) is 0. The highest BCUT2D eigenvalue weighted by atomic mass is 16.1.